The maximum atomic E-state index is 12.1. The minimum atomic E-state index is -4.70. The van der Waals surface area contributed by atoms with Crippen LogP contribution in [0.5, 0.6) is 0 Å². The summed E-state index contributed by atoms with van der Waals surface area (Å²) < 4.78 is 49.3. The topological polar surface area (TPSA) is 61.8 Å². The molecule has 5 nitrogen and oxygen atoms in total. The Hall–Kier alpha value is -1.57. The van der Waals surface area contributed by atoms with Gasteiger partial charge in [-0.1, -0.05) is 6.58 Å². The minimum Gasteiger partial charge on any atom is -0.448 e. The third-order valence-electron chi connectivity index (χ3n) is 1.72. The minimum absolute atomic E-state index is 0.0336. The molecule has 2 atom stereocenters. The van der Waals surface area contributed by atoms with Gasteiger partial charge < -0.3 is 14.2 Å². The van der Waals surface area contributed by atoms with E-state index < -0.39 is 30.5 Å². The van der Waals surface area contributed by atoms with Crippen molar-refractivity contribution in [1.82, 2.24) is 0 Å². The number of hydrogen-bond donors (Lipinski definition) is 0. The molecule has 0 aromatic carbocycles. The smallest absolute Gasteiger partial charge is 0.425 e. The molecular weight excluding hydrogens is 257 g/mol. The van der Waals surface area contributed by atoms with Crippen LogP contribution in [0.25, 0.3) is 0 Å². The molecule has 0 aromatic heterocycles. The Bertz CT molecular complexity index is 337. The molecule has 0 heterocycles. The second-order valence-electron chi connectivity index (χ2n) is 3.37. The van der Waals surface area contributed by atoms with Crippen LogP contribution in [-0.4, -0.2) is 37.6 Å². The van der Waals surface area contributed by atoms with Crippen molar-refractivity contribution in [1.29, 1.82) is 0 Å². The van der Waals surface area contributed by atoms with Crippen molar-refractivity contribution in [3.63, 3.8) is 0 Å². The van der Waals surface area contributed by atoms with Crippen LogP contribution in [-0.2, 0) is 23.8 Å². The van der Waals surface area contributed by atoms with E-state index in [0.717, 1.165) is 7.11 Å². The number of carbonyl (C=O) groups excluding carboxylic acids is 2. The van der Waals surface area contributed by atoms with Gasteiger partial charge in [-0.05, 0) is 13.8 Å². The largest absolute Gasteiger partial charge is 0.448 e. The molecule has 0 fully saturated rings. The van der Waals surface area contributed by atoms with Crippen molar-refractivity contribution in [2.24, 2.45) is 0 Å². The molecule has 0 aliphatic rings. The lowest BCUT2D eigenvalue weighted by atomic mass is 10.4. The van der Waals surface area contributed by atoms with Crippen molar-refractivity contribution in [3.05, 3.63) is 12.2 Å². The molecule has 0 bridgehead atoms. The Kier molecular flexibility index (Phi) is 5.83. The molecule has 104 valence electrons. The second kappa shape index (κ2) is 6.39. The Morgan fingerprint density at radius 1 is 1.22 bits per heavy atom. The fourth-order valence-corrected chi connectivity index (χ4v) is 0.687. The van der Waals surface area contributed by atoms with Crippen molar-refractivity contribution >= 4 is 11.9 Å². The van der Waals surface area contributed by atoms with Crippen molar-refractivity contribution in [3.8, 4) is 0 Å². The summed E-state index contributed by atoms with van der Waals surface area (Å²) in [5.74, 6) is -2.42. The summed E-state index contributed by atoms with van der Waals surface area (Å²) in [6, 6.07) is 0. The number of alkyl halides is 3. The maximum absolute atomic E-state index is 12.1. The summed E-state index contributed by atoms with van der Waals surface area (Å²) in [5.41, 5.74) is -0.0336. The summed E-state index contributed by atoms with van der Waals surface area (Å²) in [6.45, 7) is 5.19. The van der Waals surface area contributed by atoms with Crippen LogP contribution in [0.3, 0.4) is 0 Å². The van der Waals surface area contributed by atoms with Gasteiger partial charge in [0.05, 0.1) is 0 Å². The molecule has 0 rings (SSSR count). The average Bonchev–Trinajstić information content (AvgIpc) is 2.23. The number of halogens is 3. The predicted octanol–water partition coefficient (Wildman–Crippen LogP) is 1.57. The van der Waals surface area contributed by atoms with Crippen molar-refractivity contribution in [2.75, 3.05) is 7.11 Å². The zero-order valence-corrected chi connectivity index (χ0v) is 10.0. The van der Waals surface area contributed by atoms with E-state index in [4.69, 9.17) is 0 Å². The fraction of sp³-hybridized carbons (Fsp3) is 0.600. The van der Waals surface area contributed by atoms with Crippen LogP contribution >= 0.6 is 0 Å². The van der Waals surface area contributed by atoms with E-state index in [2.05, 4.69) is 20.8 Å². The van der Waals surface area contributed by atoms with Gasteiger partial charge in [0.1, 0.15) is 0 Å². The number of carbonyl (C=O) groups is 2. The Morgan fingerprint density at radius 2 is 1.72 bits per heavy atom. The lowest BCUT2D eigenvalue weighted by Gasteiger charge is -2.20. The fourth-order valence-electron chi connectivity index (χ4n) is 0.687. The molecule has 8 heteroatoms. The predicted molar refractivity (Wildman–Crippen MR) is 53.3 cm³/mol. The quantitative estimate of drug-likeness (QED) is 0.431. The summed E-state index contributed by atoms with van der Waals surface area (Å²) >= 11 is 0. The molecule has 0 N–H and O–H groups in total. The van der Waals surface area contributed by atoms with Gasteiger partial charge in [-0.3, -0.25) is 0 Å². The molecule has 0 amide bonds. The third kappa shape index (κ3) is 5.17. The van der Waals surface area contributed by atoms with Crippen LogP contribution in [0, 0.1) is 0 Å². The Labute approximate surface area is 101 Å². The molecule has 0 aliphatic heterocycles. The lowest BCUT2D eigenvalue weighted by molar-refractivity contribution is -0.233. The first kappa shape index (κ1) is 16.4. The lowest BCUT2D eigenvalue weighted by Crippen LogP contribution is -2.38. The van der Waals surface area contributed by atoms with Gasteiger partial charge in [-0.15, -0.1) is 0 Å². The summed E-state index contributed by atoms with van der Waals surface area (Å²) in [4.78, 5) is 22.3. The molecule has 0 saturated heterocycles. The van der Waals surface area contributed by atoms with Gasteiger partial charge in [-0.2, -0.15) is 13.2 Å². The molecule has 0 spiro atoms. The molecule has 2 unspecified atom stereocenters. The van der Waals surface area contributed by atoms with Crippen LogP contribution in [0.1, 0.15) is 13.8 Å². The monoisotopic (exact) mass is 270 g/mol. The first-order valence-corrected chi connectivity index (χ1v) is 4.76. The van der Waals surface area contributed by atoms with E-state index in [1.807, 2.05) is 0 Å². The normalized spacial score (nSPS) is 14.6. The van der Waals surface area contributed by atoms with E-state index in [9.17, 15) is 22.8 Å². The summed E-state index contributed by atoms with van der Waals surface area (Å²) in [7, 11) is 0.982. The van der Waals surface area contributed by atoms with Crippen LogP contribution in [0.15, 0.2) is 12.2 Å². The van der Waals surface area contributed by atoms with Crippen LogP contribution in [0.4, 0.5) is 13.2 Å². The highest BCUT2D eigenvalue weighted by atomic mass is 19.4. The number of rotatable bonds is 5. The van der Waals surface area contributed by atoms with Gasteiger partial charge in [0.15, 0.2) is 6.10 Å². The molecule has 0 saturated carbocycles. The van der Waals surface area contributed by atoms with Crippen molar-refractivity contribution < 1.29 is 37.0 Å². The zero-order chi connectivity index (χ0) is 14.5. The van der Waals surface area contributed by atoms with Gasteiger partial charge in [0, 0.05) is 12.7 Å². The highest BCUT2D eigenvalue weighted by Gasteiger charge is 2.41. The number of methoxy groups -OCH3 is 1. The molecular formula is C10H13F3O5. The van der Waals surface area contributed by atoms with Gasteiger partial charge in [0.2, 0.25) is 0 Å². The maximum Gasteiger partial charge on any atom is 0.425 e. The highest BCUT2D eigenvalue weighted by molar-refractivity contribution is 5.89. The van der Waals surface area contributed by atoms with Crippen molar-refractivity contribution in [2.45, 2.75) is 32.4 Å². The van der Waals surface area contributed by atoms with E-state index >= 15 is 0 Å². The first-order chi connectivity index (χ1) is 8.09. The first-order valence-electron chi connectivity index (χ1n) is 4.76. The summed E-state index contributed by atoms with van der Waals surface area (Å²) in [5, 5.41) is 0. The Balaban J connectivity index is 4.54. The second-order valence-corrected chi connectivity index (χ2v) is 3.37. The molecule has 0 aromatic rings. The average molecular weight is 270 g/mol. The van der Waals surface area contributed by atoms with Crippen LogP contribution < -0.4 is 0 Å². The highest BCUT2D eigenvalue weighted by Crippen LogP contribution is 2.23. The molecule has 18 heavy (non-hydrogen) atoms. The van der Waals surface area contributed by atoms with Gasteiger partial charge in [0.25, 0.3) is 0 Å². The van der Waals surface area contributed by atoms with Crippen LogP contribution in [0.2, 0.25) is 0 Å². The standard InChI is InChI=1S/C10H13F3O5/c1-5(2)7(14)18-9(16-4)8(15)17-6(3)10(11,12)13/h6,9H,1H2,2-4H3. The molecule has 0 aliphatic carbocycles. The Morgan fingerprint density at radius 3 is 2.06 bits per heavy atom. The van der Waals surface area contributed by atoms with E-state index in [1.165, 1.54) is 6.92 Å². The number of ether oxygens (including phenoxy) is 3. The van der Waals surface area contributed by atoms with Gasteiger partial charge in [-0.25, -0.2) is 9.59 Å². The van der Waals surface area contributed by atoms with E-state index in [0.29, 0.717) is 6.92 Å². The molecule has 0 radical (unpaired) electrons. The number of hydrogen-bond acceptors (Lipinski definition) is 5. The van der Waals surface area contributed by atoms with Gasteiger partial charge >= 0.3 is 24.4 Å². The zero-order valence-electron chi connectivity index (χ0n) is 10.0. The van der Waals surface area contributed by atoms with E-state index in [-0.39, 0.29) is 5.57 Å². The SMILES string of the molecule is C=C(C)C(=O)OC(OC)C(=O)OC(C)C(F)(F)F. The third-order valence-corrected chi connectivity index (χ3v) is 1.72. The number of esters is 2. The van der Waals surface area contributed by atoms with E-state index in [1.54, 1.807) is 0 Å². The summed E-state index contributed by atoms with van der Waals surface area (Å²) in [6.07, 6.45) is -8.89.